The van der Waals surface area contributed by atoms with E-state index in [1.807, 2.05) is 0 Å². The molecule has 0 unspecified atom stereocenters. The zero-order chi connectivity index (χ0) is 11.9. The van der Waals surface area contributed by atoms with Crippen LogP contribution >= 0.6 is 0 Å². The maximum absolute atomic E-state index is 5.63. The number of ether oxygens (including phenoxy) is 1. The van der Waals surface area contributed by atoms with E-state index >= 15 is 0 Å². The second kappa shape index (κ2) is 6.41. The van der Waals surface area contributed by atoms with Crippen LogP contribution in [0.4, 0.5) is 0 Å². The van der Waals surface area contributed by atoms with E-state index in [9.17, 15) is 0 Å². The van der Waals surface area contributed by atoms with Gasteiger partial charge < -0.3 is 4.74 Å². The Bertz CT molecular complexity index is 457. The van der Waals surface area contributed by atoms with E-state index in [1.165, 1.54) is 22.8 Å². The Labute approximate surface area is 103 Å². The molecule has 0 saturated carbocycles. The molecule has 2 aromatic carbocycles. The minimum atomic E-state index is 0.827. The van der Waals surface area contributed by atoms with E-state index in [-0.39, 0.29) is 0 Å². The fourth-order valence-electron chi connectivity index (χ4n) is 2.04. The van der Waals surface area contributed by atoms with Crippen LogP contribution in [-0.2, 0) is 11.2 Å². The summed E-state index contributed by atoms with van der Waals surface area (Å²) in [4.78, 5) is 0. The van der Waals surface area contributed by atoms with Crippen molar-refractivity contribution in [1.29, 1.82) is 0 Å². The molecule has 2 rings (SSSR count). The maximum atomic E-state index is 5.63. The van der Waals surface area contributed by atoms with Crippen molar-refractivity contribution in [2.75, 3.05) is 13.2 Å². The van der Waals surface area contributed by atoms with Gasteiger partial charge in [-0.05, 0) is 29.2 Å². The summed E-state index contributed by atoms with van der Waals surface area (Å²) in [5.74, 6) is 0. The van der Waals surface area contributed by atoms with Gasteiger partial charge in [-0.15, -0.1) is 0 Å². The smallest absolute Gasteiger partial charge is 0.0506 e. The van der Waals surface area contributed by atoms with Gasteiger partial charge >= 0.3 is 0 Å². The van der Waals surface area contributed by atoms with E-state index in [1.54, 1.807) is 0 Å². The summed E-state index contributed by atoms with van der Waals surface area (Å²) < 4.78 is 5.63. The van der Waals surface area contributed by atoms with Crippen LogP contribution < -0.4 is 0 Å². The number of hydrogen-bond donors (Lipinski definition) is 0. The van der Waals surface area contributed by atoms with Crippen molar-refractivity contribution in [1.82, 2.24) is 0 Å². The lowest BCUT2D eigenvalue weighted by molar-refractivity contribution is 0.134. The lowest BCUT2D eigenvalue weighted by atomic mass is 10.0. The van der Waals surface area contributed by atoms with Crippen LogP contribution in [-0.4, -0.2) is 13.2 Å². The maximum Gasteiger partial charge on any atom is 0.0506 e. The third kappa shape index (κ3) is 3.31. The Morgan fingerprint density at radius 1 is 0.941 bits per heavy atom. The van der Waals surface area contributed by atoms with Gasteiger partial charge in [0.05, 0.1) is 6.61 Å². The second-order valence-electron chi connectivity index (χ2n) is 4.35. The minimum Gasteiger partial charge on any atom is -0.381 e. The van der Waals surface area contributed by atoms with Crippen LogP contribution in [0.5, 0.6) is 0 Å². The first-order chi connectivity index (χ1) is 8.42. The summed E-state index contributed by atoms with van der Waals surface area (Å²) in [7, 11) is 0. The molecule has 0 N–H and O–H groups in total. The summed E-state index contributed by atoms with van der Waals surface area (Å²) in [6.07, 6.45) is 3.37. The van der Waals surface area contributed by atoms with Crippen LogP contribution in [0.15, 0.2) is 42.5 Å². The van der Waals surface area contributed by atoms with Gasteiger partial charge in [0, 0.05) is 6.61 Å². The molecule has 90 valence electrons. The molecule has 0 aliphatic carbocycles. The second-order valence-corrected chi connectivity index (χ2v) is 4.35. The molecule has 0 heterocycles. The van der Waals surface area contributed by atoms with Crippen molar-refractivity contribution in [2.24, 2.45) is 0 Å². The normalized spacial score (nSPS) is 10.9. The number of unbranched alkanes of at least 4 members (excludes halogenated alkanes) is 1. The first-order valence-electron chi connectivity index (χ1n) is 6.46. The zero-order valence-corrected chi connectivity index (χ0v) is 10.5. The monoisotopic (exact) mass is 228 g/mol. The number of rotatable bonds is 6. The van der Waals surface area contributed by atoms with Crippen molar-refractivity contribution in [3.05, 3.63) is 48.0 Å². The first kappa shape index (κ1) is 12.1. The van der Waals surface area contributed by atoms with Crippen LogP contribution in [0, 0.1) is 0 Å². The van der Waals surface area contributed by atoms with E-state index in [2.05, 4.69) is 49.4 Å². The summed E-state index contributed by atoms with van der Waals surface area (Å²) in [5.41, 5.74) is 1.39. The summed E-state index contributed by atoms with van der Waals surface area (Å²) in [6.45, 7) is 3.91. The quantitative estimate of drug-likeness (QED) is 0.673. The molecule has 0 radical (unpaired) electrons. The molecule has 0 aliphatic heterocycles. The standard InChI is InChI=1S/C16H20O/c1-2-3-12-17-13-11-15-9-6-8-14-7-4-5-10-16(14)15/h4-10H,2-3,11-13H2,1H3. The van der Waals surface area contributed by atoms with Crippen molar-refractivity contribution in [3.8, 4) is 0 Å². The average molecular weight is 228 g/mol. The molecule has 0 aliphatic rings. The van der Waals surface area contributed by atoms with Crippen molar-refractivity contribution in [2.45, 2.75) is 26.2 Å². The van der Waals surface area contributed by atoms with Crippen LogP contribution in [0.2, 0.25) is 0 Å². The van der Waals surface area contributed by atoms with Gasteiger partial charge in [0.25, 0.3) is 0 Å². The molecule has 1 nitrogen and oxygen atoms in total. The Morgan fingerprint density at radius 3 is 2.65 bits per heavy atom. The van der Waals surface area contributed by atoms with Gasteiger partial charge in [-0.3, -0.25) is 0 Å². The Kier molecular flexibility index (Phi) is 4.57. The molecule has 0 amide bonds. The molecule has 0 fully saturated rings. The van der Waals surface area contributed by atoms with Crippen LogP contribution in [0.25, 0.3) is 10.8 Å². The fourth-order valence-corrected chi connectivity index (χ4v) is 2.04. The first-order valence-corrected chi connectivity index (χ1v) is 6.46. The molecule has 2 aromatic rings. The number of fused-ring (bicyclic) bond motifs is 1. The summed E-state index contributed by atoms with van der Waals surface area (Å²) >= 11 is 0. The summed E-state index contributed by atoms with van der Waals surface area (Å²) in [5, 5.41) is 2.67. The SMILES string of the molecule is CCCCOCCc1cccc2ccccc12. The van der Waals surface area contributed by atoms with Gasteiger partial charge in [0.2, 0.25) is 0 Å². The largest absolute Gasteiger partial charge is 0.381 e. The third-order valence-corrected chi connectivity index (χ3v) is 3.04. The summed E-state index contributed by atoms with van der Waals surface area (Å²) in [6, 6.07) is 15.0. The highest BCUT2D eigenvalue weighted by atomic mass is 16.5. The Balaban J connectivity index is 1.98. The third-order valence-electron chi connectivity index (χ3n) is 3.04. The van der Waals surface area contributed by atoms with Crippen molar-refractivity contribution in [3.63, 3.8) is 0 Å². The van der Waals surface area contributed by atoms with Gasteiger partial charge in [-0.1, -0.05) is 55.8 Å². The lowest BCUT2D eigenvalue weighted by Crippen LogP contribution is -2.00. The fraction of sp³-hybridized carbons (Fsp3) is 0.375. The molecule has 0 saturated heterocycles. The average Bonchev–Trinajstić information content (AvgIpc) is 2.39. The van der Waals surface area contributed by atoms with E-state index in [0.29, 0.717) is 0 Å². The van der Waals surface area contributed by atoms with Gasteiger partial charge in [-0.25, -0.2) is 0 Å². The van der Waals surface area contributed by atoms with Gasteiger partial charge in [0.1, 0.15) is 0 Å². The molecule has 0 aromatic heterocycles. The molecule has 1 heteroatoms. The highest BCUT2D eigenvalue weighted by Crippen LogP contribution is 2.18. The molecule has 0 bridgehead atoms. The van der Waals surface area contributed by atoms with E-state index in [0.717, 1.165) is 26.1 Å². The minimum absolute atomic E-state index is 0.827. The van der Waals surface area contributed by atoms with E-state index in [4.69, 9.17) is 4.74 Å². The highest BCUT2D eigenvalue weighted by Gasteiger charge is 1.99. The zero-order valence-electron chi connectivity index (χ0n) is 10.5. The van der Waals surface area contributed by atoms with Gasteiger partial charge in [0.15, 0.2) is 0 Å². The highest BCUT2D eigenvalue weighted by molar-refractivity contribution is 5.85. The molecule has 0 atom stereocenters. The predicted molar refractivity (Wildman–Crippen MR) is 73.4 cm³/mol. The van der Waals surface area contributed by atoms with Crippen molar-refractivity contribution < 1.29 is 4.74 Å². The molecular formula is C16H20O. The molecular weight excluding hydrogens is 208 g/mol. The molecule has 0 spiro atoms. The Morgan fingerprint density at radius 2 is 1.76 bits per heavy atom. The topological polar surface area (TPSA) is 9.23 Å². The van der Waals surface area contributed by atoms with E-state index < -0.39 is 0 Å². The Hall–Kier alpha value is -1.34. The lowest BCUT2D eigenvalue weighted by Gasteiger charge is -2.07. The van der Waals surface area contributed by atoms with Crippen molar-refractivity contribution >= 4 is 10.8 Å². The number of benzene rings is 2. The van der Waals surface area contributed by atoms with Crippen LogP contribution in [0.3, 0.4) is 0 Å². The molecule has 17 heavy (non-hydrogen) atoms. The number of hydrogen-bond acceptors (Lipinski definition) is 1. The predicted octanol–water partition coefficient (Wildman–Crippen LogP) is 4.20. The van der Waals surface area contributed by atoms with Gasteiger partial charge in [-0.2, -0.15) is 0 Å². The van der Waals surface area contributed by atoms with Crippen LogP contribution in [0.1, 0.15) is 25.3 Å².